The number of aliphatic carboxylic acids is 1. The van der Waals surface area contributed by atoms with E-state index in [0.717, 1.165) is 29.3 Å². The number of rotatable bonds is 4. The normalized spacial score (nSPS) is 12.2. The van der Waals surface area contributed by atoms with E-state index in [1.54, 1.807) is 18.2 Å². The molecule has 3 aromatic rings. The number of hydrogen-bond acceptors (Lipinski definition) is 2. The molecule has 27 heavy (non-hydrogen) atoms. The van der Waals surface area contributed by atoms with E-state index in [1.807, 2.05) is 6.92 Å². The molecule has 140 valence electrons. The standard InChI is InChI=1S/C19H14ClF3N2O2/c1-11-8-14(20)4-2-12(11)10-25-17-9-13(19(21,22)23)3-5-15(17)16(24-25)6-7-18(26)27/h2-9H,10H2,1H3,(H,26,27). The minimum Gasteiger partial charge on any atom is -0.478 e. The molecular weight excluding hydrogens is 381 g/mol. The Balaban J connectivity index is 2.15. The molecule has 0 amide bonds. The summed E-state index contributed by atoms with van der Waals surface area (Å²) in [4.78, 5) is 10.8. The molecule has 1 aromatic heterocycles. The lowest BCUT2D eigenvalue weighted by Gasteiger charge is -2.10. The van der Waals surface area contributed by atoms with Crippen molar-refractivity contribution in [1.82, 2.24) is 9.78 Å². The second-order valence-electron chi connectivity index (χ2n) is 6.01. The maximum Gasteiger partial charge on any atom is 0.416 e. The number of carboxylic acids is 1. The number of aromatic nitrogens is 2. The number of benzene rings is 2. The van der Waals surface area contributed by atoms with Crippen LogP contribution in [0.15, 0.2) is 42.5 Å². The molecule has 1 heterocycles. The highest BCUT2D eigenvalue weighted by Gasteiger charge is 2.31. The van der Waals surface area contributed by atoms with Crippen molar-refractivity contribution in [1.29, 1.82) is 0 Å². The highest BCUT2D eigenvalue weighted by atomic mass is 35.5. The van der Waals surface area contributed by atoms with Crippen LogP contribution in [-0.4, -0.2) is 20.9 Å². The quantitative estimate of drug-likeness (QED) is 0.621. The highest BCUT2D eigenvalue weighted by Crippen LogP contribution is 2.33. The van der Waals surface area contributed by atoms with Crippen LogP contribution in [0, 0.1) is 6.92 Å². The second-order valence-corrected chi connectivity index (χ2v) is 6.45. The predicted octanol–water partition coefficient (Wildman–Crippen LogP) is 5.16. The van der Waals surface area contributed by atoms with Crippen LogP contribution in [0.5, 0.6) is 0 Å². The Morgan fingerprint density at radius 2 is 2.00 bits per heavy atom. The van der Waals surface area contributed by atoms with Gasteiger partial charge in [0.2, 0.25) is 0 Å². The van der Waals surface area contributed by atoms with E-state index in [1.165, 1.54) is 16.8 Å². The largest absolute Gasteiger partial charge is 0.478 e. The minimum absolute atomic E-state index is 0.224. The van der Waals surface area contributed by atoms with Crippen LogP contribution in [0.4, 0.5) is 13.2 Å². The van der Waals surface area contributed by atoms with Crippen molar-refractivity contribution in [2.45, 2.75) is 19.6 Å². The molecule has 0 bridgehead atoms. The van der Waals surface area contributed by atoms with Gasteiger partial charge in [-0.05, 0) is 54.5 Å². The van der Waals surface area contributed by atoms with E-state index in [0.29, 0.717) is 10.4 Å². The van der Waals surface area contributed by atoms with Gasteiger partial charge in [-0.2, -0.15) is 18.3 Å². The lowest BCUT2D eigenvalue weighted by Crippen LogP contribution is -2.06. The van der Waals surface area contributed by atoms with Gasteiger partial charge in [-0.1, -0.05) is 17.7 Å². The number of carboxylic acid groups (broad SMARTS) is 1. The van der Waals surface area contributed by atoms with Crippen LogP contribution in [0.3, 0.4) is 0 Å². The van der Waals surface area contributed by atoms with Gasteiger partial charge in [-0.15, -0.1) is 0 Å². The van der Waals surface area contributed by atoms with Crippen LogP contribution in [0.25, 0.3) is 17.0 Å². The van der Waals surface area contributed by atoms with Gasteiger partial charge >= 0.3 is 12.1 Å². The summed E-state index contributed by atoms with van der Waals surface area (Å²) < 4.78 is 40.8. The molecule has 0 spiro atoms. The SMILES string of the molecule is Cc1cc(Cl)ccc1Cn1nc(C=CC(=O)O)c2ccc(C(F)(F)F)cc21. The Labute approximate surface area is 157 Å². The molecule has 0 radical (unpaired) electrons. The lowest BCUT2D eigenvalue weighted by molar-refractivity contribution is -0.137. The Kier molecular flexibility index (Phi) is 4.97. The third kappa shape index (κ3) is 4.14. The monoisotopic (exact) mass is 394 g/mol. The third-order valence-electron chi connectivity index (χ3n) is 4.12. The Morgan fingerprint density at radius 1 is 1.26 bits per heavy atom. The molecule has 0 unspecified atom stereocenters. The zero-order valence-corrected chi connectivity index (χ0v) is 14.8. The summed E-state index contributed by atoms with van der Waals surface area (Å²) in [6.07, 6.45) is -2.32. The molecule has 0 aliphatic carbocycles. The molecule has 1 N–H and O–H groups in total. The van der Waals surface area contributed by atoms with E-state index in [4.69, 9.17) is 16.7 Å². The predicted molar refractivity (Wildman–Crippen MR) is 96.7 cm³/mol. The van der Waals surface area contributed by atoms with Gasteiger partial charge in [-0.25, -0.2) is 4.79 Å². The molecular formula is C19H14ClF3N2O2. The molecule has 0 saturated heterocycles. The van der Waals surface area contributed by atoms with Crippen LogP contribution in [0.2, 0.25) is 5.02 Å². The van der Waals surface area contributed by atoms with E-state index < -0.39 is 17.7 Å². The van der Waals surface area contributed by atoms with Crippen molar-refractivity contribution < 1.29 is 23.1 Å². The zero-order chi connectivity index (χ0) is 19.8. The fraction of sp³-hybridized carbons (Fsp3) is 0.158. The van der Waals surface area contributed by atoms with E-state index in [2.05, 4.69) is 5.10 Å². The topological polar surface area (TPSA) is 55.1 Å². The zero-order valence-electron chi connectivity index (χ0n) is 14.1. The molecule has 0 atom stereocenters. The molecule has 4 nitrogen and oxygen atoms in total. The Bertz CT molecular complexity index is 1060. The van der Waals surface area contributed by atoms with E-state index in [-0.39, 0.29) is 17.8 Å². The summed E-state index contributed by atoms with van der Waals surface area (Å²) in [5, 5.41) is 14.1. The van der Waals surface area contributed by atoms with Gasteiger partial charge < -0.3 is 5.11 Å². The average Bonchev–Trinajstić information content (AvgIpc) is 2.92. The van der Waals surface area contributed by atoms with Crippen molar-refractivity contribution in [3.8, 4) is 0 Å². The van der Waals surface area contributed by atoms with Gasteiger partial charge in [0.1, 0.15) is 0 Å². The van der Waals surface area contributed by atoms with Gasteiger partial charge in [-0.3, -0.25) is 4.68 Å². The van der Waals surface area contributed by atoms with Crippen molar-refractivity contribution in [2.24, 2.45) is 0 Å². The molecule has 2 aromatic carbocycles. The van der Waals surface area contributed by atoms with Gasteiger partial charge in [0.15, 0.2) is 0 Å². The lowest BCUT2D eigenvalue weighted by atomic mass is 10.1. The van der Waals surface area contributed by atoms with Gasteiger partial charge in [0.05, 0.1) is 23.3 Å². The summed E-state index contributed by atoms with van der Waals surface area (Å²) >= 11 is 5.95. The minimum atomic E-state index is -4.49. The maximum absolute atomic E-state index is 13.1. The molecule has 3 rings (SSSR count). The van der Waals surface area contributed by atoms with Crippen LogP contribution in [-0.2, 0) is 17.5 Å². The Hall–Kier alpha value is -2.80. The summed E-state index contributed by atoms with van der Waals surface area (Å²) in [5.74, 6) is -1.17. The molecule has 0 aliphatic heterocycles. The van der Waals surface area contributed by atoms with Crippen LogP contribution in [0.1, 0.15) is 22.4 Å². The summed E-state index contributed by atoms with van der Waals surface area (Å²) in [6, 6.07) is 8.52. The number of carbonyl (C=O) groups is 1. The number of nitrogens with zero attached hydrogens (tertiary/aromatic N) is 2. The van der Waals surface area contributed by atoms with Crippen LogP contribution < -0.4 is 0 Å². The van der Waals surface area contributed by atoms with Crippen molar-refractivity contribution >= 4 is 34.5 Å². The van der Waals surface area contributed by atoms with E-state index >= 15 is 0 Å². The van der Waals surface area contributed by atoms with Gasteiger partial charge in [0, 0.05) is 16.5 Å². The first-order valence-corrected chi connectivity index (χ1v) is 8.27. The fourth-order valence-electron chi connectivity index (χ4n) is 2.77. The third-order valence-corrected chi connectivity index (χ3v) is 4.35. The summed E-state index contributed by atoms with van der Waals surface area (Å²) in [6.45, 7) is 2.07. The highest BCUT2D eigenvalue weighted by molar-refractivity contribution is 6.30. The van der Waals surface area contributed by atoms with Gasteiger partial charge in [0.25, 0.3) is 0 Å². The first-order chi connectivity index (χ1) is 12.6. The van der Waals surface area contributed by atoms with E-state index in [9.17, 15) is 18.0 Å². The maximum atomic E-state index is 13.1. The number of alkyl halides is 3. The molecule has 0 fully saturated rings. The number of hydrogen-bond donors (Lipinski definition) is 1. The van der Waals surface area contributed by atoms with Crippen molar-refractivity contribution in [3.63, 3.8) is 0 Å². The smallest absolute Gasteiger partial charge is 0.416 e. The summed E-state index contributed by atoms with van der Waals surface area (Å²) in [7, 11) is 0. The molecule has 0 aliphatic rings. The molecule has 0 saturated carbocycles. The average molecular weight is 395 g/mol. The van der Waals surface area contributed by atoms with Crippen LogP contribution >= 0.6 is 11.6 Å². The fourth-order valence-corrected chi connectivity index (χ4v) is 2.99. The Morgan fingerprint density at radius 3 is 2.63 bits per heavy atom. The number of fused-ring (bicyclic) bond motifs is 1. The molecule has 8 heteroatoms. The number of aryl methyl sites for hydroxylation is 1. The second kappa shape index (κ2) is 7.08. The first-order valence-electron chi connectivity index (χ1n) is 7.89. The number of halogens is 4. The first kappa shape index (κ1) is 19.0. The van der Waals surface area contributed by atoms with Crippen molar-refractivity contribution in [2.75, 3.05) is 0 Å². The van der Waals surface area contributed by atoms with Crippen molar-refractivity contribution in [3.05, 3.63) is 69.9 Å². The summed E-state index contributed by atoms with van der Waals surface area (Å²) in [5.41, 5.74) is 1.48.